The highest BCUT2D eigenvalue weighted by atomic mass is 16.1. The number of aryl methyl sites for hydroxylation is 2. The molecule has 0 spiro atoms. The second kappa shape index (κ2) is 4.27. The molecule has 0 aliphatic rings. The molecule has 0 aliphatic heterocycles. The fourth-order valence-electron chi connectivity index (χ4n) is 1.63. The Kier molecular flexibility index (Phi) is 3.26. The molecule has 0 saturated carbocycles. The van der Waals surface area contributed by atoms with E-state index >= 15 is 0 Å². The zero-order valence-corrected chi connectivity index (χ0v) is 9.59. The van der Waals surface area contributed by atoms with Gasteiger partial charge in [-0.3, -0.25) is 9.64 Å². The molecule has 0 radical (unpaired) electrons. The first-order valence-corrected chi connectivity index (χ1v) is 4.92. The molecular formula is C13H15NO. The Morgan fingerprint density at radius 2 is 1.73 bits per heavy atom. The Hall–Kier alpha value is -1.62. The zero-order valence-electron chi connectivity index (χ0n) is 9.59. The van der Waals surface area contributed by atoms with Gasteiger partial charge in [0.2, 0.25) is 5.78 Å². The van der Waals surface area contributed by atoms with Crippen LogP contribution in [0.1, 0.15) is 35.2 Å². The van der Waals surface area contributed by atoms with Gasteiger partial charge in [0.1, 0.15) is 0 Å². The molecule has 0 amide bonds. The van der Waals surface area contributed by atoms with Crippen LogP contribution >= 0.6 is 0 Å². The van der Waals surface area contributed by atoms with Crippen LogP contribution in [0.4, 0.5) is 0 Å². The monoisotopic (exact) mass is 201 g/mol. The van der Waals surface area contributed by atoms with Crippen molar-refractivity contribution < 1.29 is 4.79 Å². The highest BCUT2D eigenvalue weighted by molar-refractivity contribution is 5.84. The van der Waals surface area contributed by atoms with Crippen molar-refractivity contribution in [2.75, 3.05) is 0 Å². The Balaban J connectivity index is 3.28. The van der Waals surface area contributed by atoms with Crippen molar-refractivity contribution in [3.05, 3.63) is 45.8 Å². The predicted octanol–water partition coefficient (Wildman–Crippen LogP) is 3.16. The topological polar surface area (TPSA) is 21.4 Å². The molecule has 1 aromatic carbocycles. The molecule has 0 bridgehead atoms. The summed E-state index contributed by atoms with van der Waals surface area (Å²) in [4.78, 5) is 14.6. The number of rotatable bonds is 2. The maximum atomic E-state index is 11.3. The SMILES string of the molecule is [C-]#[N+]C(C(C)=O)c1cc(C)c(C)c(C)c1. The van der Waals surface area contributed by atoms with E-state index in [0.29, 0.717) is 0 Å². The third kappa shape index (κ3) is 2.24. The summed E-state index contributed by atoms with van der Waals surface area (Å²) in [5.74, 6) is -0.0901. The first-order chi connectivity index (χ1) is 6.97. The van der Waals surface area contributed by atoms with E-state index in [0.717, 1.165) is 16.7 Å². The molecule has 0 N–H and O–H groups in total. The average Bonchev–Trinajstić information content (AvgIpc) is 2.14. The van der Waals surface area contributed by atoms with Gasteiger partial charge in [0.05, 0.1) is 0 Å². The lowest BCUT2D eigenvalue weighted by atomic mass is 9.95. The molecule has 15 heavy (non-hydrogen) atoms. The van der Waals surface area contributed by atoms with Crippen molar-refractivity contribution in [1.29, 1.82) is 0 Å². The van der Waals surface area contributed by atoms with Gasteiger partial charge >= 0.3 is 6.04 Å². The van der Waals surface area contributed by atoms with Gasteiger partial charge in [-0.1, -0.05) is 0 Å². The molecule has 78 valence electrons. The minimum atomic E-state index is -0.636. The number of Topliss-reactive ketones (excluding diaryl/α,β-unsaturated/α-hetero) is 1. The lowest BCUT2D eigenvalue weighted by Crippen LogP contribution is -2.05. The minimum absolute atomic E-state index is 0.0901. The zero-order chi connectivity index (χ0) is 11.6. The molecule has 1 atom stereocenters. The lowest BCUT2D eigenvalue weighted by molar-refractivity contribution is -0.117. The molecule has 0 aromatic heterocycles. The lowest BCUT2D eigenvalue weighted by Gasteiger charge is -2.09. The number of hydrogen-bond acceptors (Lipinski definition) is 1. The van der Waals surface area contributed by atoms with E-state index in [2.05, 4.69) is 11.8 Å². The summed E-state index contributed by atoms with van der Waals surface area (Å²) in [5.41, 5.74) is 4.32. The van der Waals surface area contributed by atoms with Crippen LogP contribution in [0, 0.1) is 27.3 Å². The molecule has 0 heterocycles. The van der Waals surface area contributed by atoms with Gasteiger partial charge in [-0.15, -0.1) is 0 Å². The van der Waals surface area contributed by atoms with Gasteiger partial charge in [-0.2, -0.15) is 0 Å². The second-order valence-electron chi connectivity index (χ2n) is 3.92. The van der Waals surface area contributed by atoms with Crippen molar-refractivity contribution in [2.24, 2.45) is 0 Å². The summed E-state index contributed by atoms with van der Waals surface area (Å²) in [6.07, 6.45) is 0. The third-order valence-corrected chi connectivity index (χ3v) is 2.78. The van der Waals surface area contributed by atoms with Crippen molar-refractivity contribution >= 4 is 5.78 Å². The van der Waals surface area contributed by atoms with Crippen molar-refractivity contribution in [1.82, 2.24) is 0 Å². The highest BCUT2D eigenvalue weighted by Gasteiger charge is 2.22. The van der Waals surface area contributed by atoms with Gasteiger partial charge < -0.3 is 0 Å². The second-order valence-corrected chi connectivity index (χ2v) is 3.92. The van der Waals surface area contributed by atoms with Crippen LogP contribution in [-0.2, 0) is 4.79 Å². The first-order valence-electron chi connectivity index (χ1n) is 4.92. The van der Waals surface area contributed by atoms with Gasteiger partial charge in [-0.05, 0) is 49.6 Å². The molecule has 1 unspecified atom stereocenters. The van der Waals surface area contributed by atoms with E-state index in [4.69, 9.17) is 6.57 Å². The summed E-state index contributed by atoms with van der Waals surface area (Å²) >= 11 is 0. The van der Waals surface area contributed by atoms with Crippen LogP contribution in [0.5, 0.6) is 0 Å². The Bertz CT molecular complexity index is 417. The Morgan fingerprint density at radius 3 is 2.07 bits per heavy atom. The Labute approximate surface area is 90.8 Å². The van der Waals surface area contributed by atoms with Crippen LogP contribution in [0.15, 0.2) is 12.1 Å². The summed E-state index contributed by atoms with van der Waals surface area (Å²) in [5, 5.41) is 0. The number of hydrogen-bond donors (Lipinski definition) is 0. The molecule has 2 heteroatoms. The first kappa shape index (κ1) is 11.5. The van der Waals surface area contributed by atoms with E-state index in [9.17, 15) is 4.79 Å². The third-order valence-electron chi connectivity index (χ3n) is 2.78. The summed E-state index contributed by atoms with van der Waals surface area (Å²) in [7, 11) is 0. The van der Waals surface area contributed by atoms with Crippen molar-refractivity contribution in [2.45, 2.75) is 33.7 Å². The average molecular weight is 201 g/mol. The highest BCUT2D eigenvalue weighted by Crippen LogP contribution is 2.23. The number of carbonyl (C=O) groups is 1. The molecule has 0 fully saturated rings. The van der Waals surface area contributed by atoms with Crippen molar-refractivity contribution in [3.63, 3.8) is 0 Å². The molecule has 1 rings (SSSR count). The van der Waals surface area contributed by atoms with Gasteiger partial charge in [0.25, 0.3) is 0 Å². The molecular weight excluding hydrogens is 186 g/mol. The number of benzene rings is 1. The van der Waals surface area contributed by atoms with E-state index in [-0.39, 0.29) is 5.78 Å². The van der Waals surface area contributed by atoms with Crippen LogP contribution in [-0.4, -0.2) is 5.78 Å². The van der Waals surface area contributed by atoms with Crippen LogP contribution in [0.3, 0.4) is 0 Å². The maximum Gasteiger partial charge on any atom is 0.305 e. The fourth-order valence-corrected chi connectivity index (χ4v) is 1.63. The smallest absolute Gasteiger partial charge is 0.300 e. The number of ketones is 1. The summed E-state index contributed by atoms with van der Waals surface area (Å²) in [6, 6.07) is 3.24. The van der Waals surface area contributed by atoms with E-state index in [1.807, 2.05) is 26.0 Å². The summed E-state index contributed by atoms with van der Waals surface area (Å²) < 4.78 is 0. The van der Waals surface area contributed by atoms with E-state index in [1.54, 1.807) is 0 Å². The van der Waals surface area contributed by atoms with Gasteiger partial charge in [0.15, 0.2) is 0 Å². The van der Waals surface area contributed by atoms with Crippen LogP contribution in [0.2, 0.25) is 0 Å². The van der Waals surface area contributed by atoms with Crippen LogP contribution < -0.4 is 0 Å². The molecule has 1 aromatic rings. The number of nitrogens with zero attached hydrogens (tertiary/aromatic N) is 1. The normalized spacial score (nSPS) is 11.9. The molecule has 2 nitrogen and oxygen atoms in total. The maximum absolute atomic E-state index is 11.3. The van der Waals surface area contributed by atoms with Gasteiger partial charge in [-0.25, -0.2) is 6.57 Å². The number of carbonyl (C=O) groups excluding carboxylic acids is 1. The fraction of sp³-hybridized carbons (Fsp3) is 0.385. The Morgan fingerprint density at radius 1 is 1.27 bits per heavy atom. The predicted molar refractivity (Wildman–Crippen MR) is 60.7 cm³/mol. The van der Waals surface area contributed by atoms with Crippen LogP contribution in [0.25, 0.3) is 4.85 Å². The summed E-state index contributed by atoms with van der Waals surface area (Å²) in [6.45, 7) is 14.6. The quantitative estimate of drug-likeness (QED) is 0.673. The minimum Gasteiger partial charge on any atom is -0.300 e. The van der Waals surface area contributed by atoms with E-state index < -0.39 is 6.04 Å². The van der Waals surface area contributed by atoms with Gasteiger partial charge in [0, 0.05) is 12.5 Å². The largest absolute Gasteiger partial charge is 0.305 e. The molecule has 0 saturated heterocycles. The van der Waals surface area contributed by atoms with Crippen molar-refractivity contribution in [3.8, 4) is 0 Å². The van der Waals surface area contributed by atoms with E-state index in [1.165, 1.54) is 12.5 Å². The standard InChI is InChI=1S/C13H15NO/c1-8-6-12(7-9(2)10(8)3)13(14-5)11(4)15/h6-7,13H,1-4H3. The molecule has 0 aliphatic carbocycles.